The highest BCUT2D eigenvalue weighted by Gasteiger charge is 2.11. The lowest BCUT2D eigenvalue weighted by atomic mass is 10.1. The summed E-state index contributed by atoms with van der Waals surface area (Å²) in [7, 11) is 3.21. The lowest BCUT2D eigenvalue weighted by Crippen LogP contribution is -2.18. The van der Waals surface area contributed by atoms with E-state index in [1.165, 1.54) is 0 Å². The molecule has 1 aromatic heterocycles. The Kier molecular flexibility index (Phi) is 7.65. The number of ether oxygens (including phenoxy) is 3. The van der Waals surface area contributed by atoms with Crippen molar-refractivity contribution in [2.24, 2.45) is 0 Å². The first-order chi connectivity index (χ1) is 19.1. The Balaban J connectivity index is 1.41. The highest BCUT2D eigenvalue weighted by atomic mass is 16.5. The van der Waals surface area contributed by atoms with Crippen molar-refractivity contribution in [3.8, 4) is 17.2 Å². The smallest absolute Gasteiger partial charge is 0.274 e. The molecule has 5 aromatic rings. The lowest BCUT2D eigenvalue weighted by molar-refractivity contribution is 0.0706. The van der Waals surface area contributed by atoms with E-state index >= 15 is 0 Å². The second kappa shape index (κ2) is 11.6. The van der Waals surface area contributed by atoms with Crippen LogP contribution in [0.15, 0.2) is 90.5 Å². The molecule has 0 bridgehead atoms. The van der Waals surface area contributed by atoms with Gasteiger partial charge in [-0.15, -0.1) is 0 Å². The fraction of sp³-hybridized carbons (Fsp3) is 0.129. The van der Waals surface area contributed by atoms with Gasteiger partial charge in [0.05, 0.1) is 19.7 Å². The van der Waals surface area contributed by atoms with E-state index in [0.29, 0.717) is 30.2 Å². The van der Waals surface area contributed by atoms with Crippen molar-refractivity contribution >= 4 is 39.5 Å². The molecule has 1 heterocycles. The van der Waals surface area contributed by atoms with Gasteiger partial charge in [0.1, 0.15) is 12.4 Å². The molecule has 0 radical (unpaired) electrons. The van der Waals surface area contributed by atoms with Gasteiger partial charge < -0.3 is 24.5 Å². The largest absolute Gasteiger partial charge is 0.493 e. The van der Waals surface area contributed by atoms with E-state index in [1.54, 1.807) is 31.8 Å². The average molecular weight is 524 g/mol. The predicted octanol–water partition coefficient (Wildman–Crippen LogP) is 6.03. The summed E-state index contributed by atoms with van der Waals surface area (Å²) in [5.74, 6) is 1.49. The van der Waals surface area contributed by atoms with Crippen LogP contribution in [-0.4, -0.2) is 43.5 Å². The van der Waals surface area contributed by atoms with Crippen LogP contribution in [-0.2, 0) is 0 Å². The molecule has 0 atom stereocenters. The van der Waals surface area contributed by atoms with Gasteiger partial charge in [0, 0.05) is 40.2 Å². The Bertz CT molecular complexity index is 1640. The molecule has 4 N–H and O–H groups in total. The van der Waals surface area contributed by atoms with Gasteiger partial charge in [0.25, 0.3) is 5.91 Å². The number of fused-ring (bicyclic) bond motifs is 3. The molecule has 0 aliphatic rings. The van der Waals surface area contributed by atoms with Crippen molar-refractivity contribution in [1.82, 2.24) is 10.5 Å². The van der Waals surface area contributed by atoms with Crippen LogP contribution < -0.4 is 25.0 Å². The normalized spacial score (nSPS) is 11.4. The highest BCUT2D eigenvalue weighted by Crippen LogP contribution is 2.32. The Morgan fingerprint density at radius 2 is 1.64 bits per heavy atom. The minimum atomic E-state index is -0.560. The van der Waals surface area contributed by atoms with Crippen LogP contribution in [0.2, 0.25) is 0 Å². The van der Waals surface area contributed by atoms with E-state index in [1.807, 2.05) is 60.7 Å². The third-order valence-electron chi connectivity index (χ3n) is 6.46. The first-order valence-corrected chi connectivity index (χ1v) is 12.4. The van der Waals surface area contributed by atoms with Crippen molar-refractivity contribution in [2.45, 2.75) is 0 Å². The highest BCUT2D eigenvalue weighted by molar-refractivity contribution is 6.09. The van der Waals surface area contributed by atoms with E-state index in [9.17, 15) is 4.79 Å². The van der Waals surface area contributed by atoms with Crippen LogP contribution >= 0.6 is 0 Å². The molecule has 0 aliphatic carbocycles. The summed E-state index contributed by atoms with van der Waals surface area (Å²) in [6.45, 7) is 0.824. The van der Waals surface area contributed by atoms with Crippen LogP contribution in [0.25, 0.3) is 27.9 Å². The van der Waals surface area contributed by atoms with Crippen molar-refractivity contribution in [3.05, 3.63) is 102 Å². The molecular weight excluding hydrogens is 494 g/mol. The zero-order chi connectivity index (χ0) is 27.2. The zero-order valence-corrected chi connectivity index (χ0v) is 21.7. The van der Waals surface area contributed by atoms with Crippen molar-refractivity contribution < 1.29 is 24.2 Å². The molecule has 8 heteroatoms. The number of anilines is 1. The second-order valence-electron chi connectivity index (χ2n) is 8.93. The fourth-order valence-corrected chi connectivity index (χ4v) is 4.47. The molecule has 1 amide bonds. The monoisotopic (exact) mass is 523 g/mol. The second-order valence-corrected chi connectivity index (χ2v) is 8.93. The summed E-state index contributed by atoms with van der Waals surface area (Å²) >= 11 is 0. The quantitative estimate of drug-likeness (QED) is 0.132. The molecule has 0 saturated heterocycles. The maximum Gasteiger partial charge on any atom is 0.274 e. The minimum Gasteiger partial charge on any atom is -0.493 e. The summed E-state index contributed by atoms with van der Waals surface area (Å²) < 4.78 is 17.1. The average Bonchev–Trinajstić information content (AvgIpc) is 3.37. The van der Waals surface area contributed by atoms with Crippen LogP contribution in [0, 0.1) is 0 Å². The Morgan fingerprint density at radius 3 is 2.41 bits per heavy atom. The number of hydrogen-bond donors (Lipinski definition) is 4. The first-order valence-electron chi connectivity index (χ1n) is 12.4. The van der Waals surface area contributed by atoms with Gasteiger partial charge in [0.15, 0.2) is 11.5 Å². The number of aromatic amines is 1. The maximum absolute atomic E-state index is 11.7. The molecular formula is C31H29N3O5. The molecule has 0 spiro atoms. The number of amides is 1. The number of aromatic nitrogens is 1. The molecule has 5 rings (SSSR count). The Morgan fingerprint density at radius 1 is 0.872 bits per heavy atom. The molecule has 8 nitrogen and oxygen atoms in total. The third kappa shape index (κ3) is 5.66. The lowest BCUT2D eigenvalue weighted by Gasteiger charge is -2.15. The van der Waals surface area contributed by atoms with Crippen molar-refractivity contribution in [2.75, 3.05) is 32.7 Å². The predicted molar refractivity (Wildman–Crippen MR) is 153 cm³/mol. The van der Waals surface area contributed by atoms with E-state index in [2.05, 4.69) is 28.5 Å². The fourth-order valence-electron chi connectivity index (χ4n) is 4.47. The molecule has 39 heavy (non-hydrogen) atoms. The van der Waals surface area contributed by atoms with E-state index in [0.717, 1.165) is 44.4 Å². The maximum atomic E-state index is 11.7. The number of para-hydroxylation sites is 2. The number of nitrogens with one attached hydrogen (secondary N) is 3. The van der Waals surface area contributed by atoms with Gasteiger partial charge in [-0.1, -0.05) is 48.5 Å². The summed E-state index contributed by atoms with van der Waals surface area (Å²) in [5, 5.41) is 14.6. The number of hydrogen-bond acceptors (Lipinski definition) is 6. The number of benzene rings is 4. The molecule has 4 aromatic carbocycles. The standard InChI is InChI=1S/C31H29N3O5/c1-37-27-15-14-23(17-29(27)38-2)32-18-21(16-20-10-12-22(13-11-20)31(35)34-36)19-39-28-9-5-7-25-24-6-3-4-8-26(24)33-30(25)28/h3-17,32-33,36H,18-19H2,1-2H3,(H,34,35). The number of rotatable bonds is 10. The number of H-pyrrole nitrogens is 1. The van der Waals surface area contributed by atoms with Gasteiger partial charge in [0.2, 0.25) is 0 Å². The van der Waals surface area contributed by atoms with Crippen LogP contribution in [0.5, 0.6) is 17.2 Å². The van der Waals surface area contributed by atoms with Crippen LogP contribution in [0.4, 0.5) is 5.69 Å². The number of hydroxylamine groups is 1. The Labute approximate surface area is 225 Å². The number of methoxy groups -OCH3 is 2. The van der Waals surface area contributed by atoms with Crippen molar-refractivity contribution in [1.29, 1.82) is 0 Å². The SMILES string of the molecule is COc1ccc(NCC(=Cc2ccc(C(=O)NO)cc2)COc2cccc3c2[nH]c2ccccc23)cc1OC. The summed E-state index contributed by atoms with van der Waals surface area (Å²) in [6, 6.07) is 26.8. The molecule has 0 fully saturated rings. The van der Waals surface area contributed by atoms with Gasteiger partial charge >= 0.3 is 0 Å². The minimum absolute atomic E-state index is 0.327. The topological polar surface area (TPSA) is 105 Å². The van der Waals surface area contributed by atoms with E-state index < -0.39 is 5.91 Å². The molecule has 198 valence electrons. The van der Waals surface area contributed by atoms with Crippen molar-refractivity contribution in [3.63, 3.8) is 0 Å². The van der Waals surface area contributed by atoms with Gasteiger partial charge in [-0.3, -0.25) is 10.0 Å². The summed E-state index contributed by atoms with van der Waals surface area (Å²) in [6.07, 6.45) is 2.01. The van der Waals surface area contributed by atoms with Crippen LogP contribution in [0.3, 0.4) is 0 Å². The van der Waals surface area contributed by atoms with E-state index in [4.69, 9.17) is 19.4 Å². The number of carbonyl (C=O) groups is 1. The summed E-state index contributed by atoms with van der Waals surface area (Å²) in [5.41, 5.74) is 6.75. The van der Waals surface area contributed by atoms with Crippen LogP contribution in [0.1, 0.15) is 15.9 Å². The Hall–Kier alpha value is -4.95. The zero-order valence-electron chi connectivity index (χ0n) is 21.7. The number of carbonyl (C=O) groups excluding carboxylic acids is 1. The molecule has 0 unspecified atom stereocenters. The van der Waals surface area contributed by atoms with Gasteiger partial charge in [-0.2, -0.15) is 0 Å². The summed E-state index contributed by atoms with van der Waals surface area (Å²) in [4.78, 5) is 15.2. The molecule has 0 aliphatic heterocycles. The van der Waals surface area contributed by atoms with E-state index in [-0.39, 0.29) is 0 Å². The third-order valence-corrected chi connectivity index (χ3v) is 6.46. The first kappa shape index (κ1) is 25.7. The molecule has 0 saturated carbocycles. The van der Waals surface area contributed by atoms with Gasteiger partial charge in [-0.05, 0) is 47.5 Å². The van der Waals surface area contributed by atoms with Gasteiger partial charge in [-0.25, -0.2) is 5.48 Å².